The average molecular weight is 600 g/mol. The van der Waals surface area contributed by atoms with Gasteiger partial charge in [0.2, 0.25) is 0 Å². The zero-order chi connectivity index (χ0) is 29.5. The fraction of sp³-hybridized carbons (Fsp3) is 0.226. The number of aryl methyl sites for hydroxylation is 1. The first-order chi connectivity index (χ1) is 20.4. The van der Waals surface area contributed by atoms with E-state index in [1.807, 2.05) is 37.3 Å². The van der Waals surface area contributed by atoms with Crippen molar-refractivity contribution in [1.82, 2.24) is 26.3 Å². The van der Waals surface area contributed by atoms with Crippen molar-refractivity contribution in [3.05, 3.63) is 98.9 Å². The van der Waals surface area contributed by atoms with Crippen LogP contribution in [0.3, 0.4) is 0 Å². The van der Waals surface area contributed by atoms with Gasteiger partial charge in [0.25, 0.3) is 17.7 Å². The number of nitrogens with one attached hydrogen (secondary N) is 3. The minimum Gasteiger partial charge on any atom is -0.352 e. The van der Waals surface area contributed by atoms with Crippen LogP contribution in [0.4, 0.5) is 0 Å². The van der Waals surface area contributed by atoms with Crippen molar-refractivity contribution in [2.45, 2.75) is 32.6 Å². The lowest BCUT2D eigenvalue weighted by Gasteiger charge is -2.08. The zero-order valence-corrected chi connectivity index (χ0v) is 24.6. The SMILES string of the molecule is Cc1ccc(Cc2cccc(C(=O)NCCCCCNC(=O)c3ccc(/C=C4\SC(=S)NC4=O)cc3)c2)c2nonc12. The summed E-state index contributed by atoms with van der Waals surface area (Å²) in [5, 5.41) is 16.5. The first-order valence-corrected chi connectivity index (χ1v) is 14.8. The maximum atomic E-state index is 12.7. The minimum absolute atomic E-state index is 0.115. The van der Waals surface area contributed by atoms with Gasteiger partial charge < -0.3 is 16.0 Å². The number of hydrogen-bond acceptors (Lipinski definition) is 8. The third-order valence-electron chi connectivity index (χ3n) is 6.82. The fourth-order valence-corrected chi connectivity index (χ4v) is 5.61. The molecule has 5 rings (SSSR count). The molecule has 0 saturated carbocycles. The van der Waals surface area contributed by atoms with Gasteiger partial charge in [-0.05, 0) is 95.5 Å². The highest BCUT2D eigenvalue weighted by atomic mass is 32.2. The number of thioether (sulfide) groups is 1. The molecule has 2 heterocycles. The highest BCUT2D eigenvalue weighted by Gasteiger charge is 2.22. The first-order valence-electron chi connectivity index (χ1n) is 13.6. The number of benzene rings is 3. The minimum atomic E-state index is -0.206. The maximum Gasteiger partial charge on any atom is 0.263 e. The molecule has 0 unspecified atom stereocenters. The van der Waals surface area contributed by atoms with E-state index in [9.17, 15) is 14.4 Å². The van der Waals surface area contributed by atoms with Crippen LogP contribution in [-0.2, 0) is 11.2 Å². The Balaban J connectivity index is 1.01. The van der Waals surface area contributed by atoms with E-state index in [2.05, 4.69) is 26.3 Å². The highest BCUT2D eigenvalue weighted by Crippen LogP contribution is 2.26. The smallest absolute Gasteiger partial charge is 0.263 e. The van der Waals surface area contributed by atoms with Gasteiger partial charge in [0, 0.05) is 24.2 Å². The molecule has 1 aliphatic rings. The molecule has 3 amide bonds. The number of rotatable bonds is 11. The average Bonchev–Trinajstić information content (AvgIpc) is 3.61. The molecule has 0 bridgehead atoms. The molecule has 3 aromatic carbocycles. The topological polar surface area (TPSA) is 126 Å². The summed E-state index contributed by atoms with van der Waals surface area (Å²) >= 11 is 6.22. The van der Waals surface area contributed by atoms with E-state index in [0.717, 1.165) is 52.5 Å². The van der Waals surface area contributed by atoms with Crippen LogP contribution in [0.25, 0.3) is 17.1 Å². The van der Waals surface area contributed by atoms with Gasteiger partial charge in [-0.3, -0.25) is 14.4 Å². The first kappa shape index (κ1) is 29.2. The van der Waals surface area contributed by atoms with Gasteiger partial charge in [0.1, 0.15) is 15.4 Å². The van der Waals surface area contributed by atoms with Crippen LogP contribution >= 0.6 is 24.0 Å². The quantitative estimate of drug-likeness (QED) is 0.126. The summed E-state index contributed by atoms with van der Waals surface area (Å²) in [7, 11) is 0. The number of amides is 3. The summed E-state index contributed by atoms with van der Waals surface area (Å²) in [5.41, 5.74) is 6.48. The Kier molecular flexibility index (Phi) is 9.40. The second-order valence-corrected chi connectivity index (χ2v) is 11.6. The molecule has 214 valence electrons. The summed E-state index contributed by atoms with van der Waals surface area (Å²) < 4.78 is 5.37. The molecule has 42 heavy (non-hydrogen) atoms. The van der Waals surface area contributed by atoms with E-state index < -0.39 is 0 Å². The van der Waals surface area contributed by atoms with E-state index in [1.54, 1.807) is 36.4 Å². The lowest BCUT2D eigenvalue weighted by molar-refractivity contribution is -0.115. The van der Waals surface area contributed by atoms with E-state index >= 15 is 0 Å². The number of carbonyl (C=O) groups excluding carboxylic acids is 3. The largest absolute Gasteiger partial charge is 0.352 e. The number of aromatic nitrogens is 2. The molecule has 9 nitrogen and oxygen atoms in total. The Morgan fingerprint density at radius 2 is 1.64 bits per heavy atom. The van der Waals surface area contributed by atoms with Crippen molar-refractivity contribution in [2.24, 2.45) is 0 Å². The zero-order valence-electron chi connectivity index (χ0n) is 22.9. The second kappa shape index (κ2) is 13.5. The van der Waals surface area contributed by atoms with Gasteiger partial charge in [-0.25, -0.2) is 4.63 Å². The van der Waals surface area contributed by atoms with Gasteiger partial charge >= 0.3 is 0 Å². The monoisotopic (exact) mass is 599 g/mol. The molecule has 11 heteroatoms. The number of carbonyl (C=O) groups is 3. The van der Waals surface area contributed by atoms with Crippen LogP contribution in [0, 0.1) is 6.92 Å². The van der Waals surface area contributed by atoms with E-state index in [-0.39, 0.29) is 17.7 Å². The van der Waals surface area contributed by atoms with Crippen LogP contribution in [0.2, 0.25) is 0 Å². The number of hydrogen-bond donors (Lipinski definition) is 3. The van der Waals surface area contributed by atoms with E-state index in [0.29, 0.717) is 39.9 Å². The maximum absolute atomic E-state index is 12.7. The van der Waals surface area contributed by atoms with Crippen molar-refractivity contribution in [2.75, 3.05) is 13.1 Å². The molecule has 1 saturated heterocycles. The van der Waals surface area contributed by atoms with Gasteiger partial charge in [-0.1, -0.05) is 60.4 Å². The molecule has 0 atom stereocenters. The van der Waals surface area contributed by atoms with Gasteiger partial charge in [0.15, 0.2) is 0 Å². The Morgan fingerprint density at radius 3 is 2.36 bits per heavy atom. The van der Waals surface area contributed by atoms with Crippen molar-refractivity contribution < 1.29 is 19.0 Å². The molecule has 0 spiro atoms. The van der Waals surface area contributed by atoms with Crippen molar-refractivity contribution in [1.29, 1.82) is 0 Å². The van der Waals surface area contributed by atoms with Gasteiger partial charge in [-0.15, -0.1) is 0 Å². The molecule has 1 aromatic heterocycles. The number of unbranched alkanes of at least 4 members (excludes halogenated alkanes) is 2. The van der Waals surface area contributed by atoms with Crippen LogP contribution in [0.1, 0.15) is 62.2 Å². The Labute approximate surface area is 252 Å². The van der Waals surface area contributed by atoms with Crippen LogP contribution in [-0.4, -0.2) is 45.4 Å². The molecule has 1 fully saturated rings. The Morgan fingerprint density at radius 1 is 0.929 bits per heavy atom. The van der Waals surface area contributed by atoms with Crippen molar-refractivity contribution in [3.8, 4) is 0 Å². The number of nitrogens with zero attached hydrogens (tertiary/aromatic N) is 2. The van der Waals surface area contributed by atoms with E-state index in [4.69, 9.17) is 16.8 Å². The lowest BCUT2D eigenvalue weighted by Crippen LogP contribution is -2.26. The molecule has 4 aromatic rings. The van der Waals surface area contributed by atoms with Crippen LogP contribution in [0.5, 0.6) is 0 Å². The second-order valence-electron chi connectivity index (χ2n) is 9.93. The molecule has 0 radical (unpaired) electrons. The molecular weight excluding hydrogens is 571 g/mol. The van der Waals surface area contributed by atoms with Crippen LogP contribution < -0.4 is 16.0 Å². The molecule has 1 aliphatic heterocycles. The van der Waals surface area contributed by atoms with Gasteiger partial charge in [-0.2, -0.15) is 0 Å². The highest BCUT2D eigenvalue weighted by molar-refractivity contribution is 8.26. The molecule has 3 N–H and O–H groups in total. The third-order valence-corrected chi connectivity index (χ3v) is 7.98. The molecule has 0 aliphatic carbocycles. The number of fused-ring (bicyclic) bond motifs is 1. The van der Waals surface area contributed by atoms with Crippen molar-refractivity contribution in [3.63, 3.8) is 0 Å². The normalized spacial score (nSPS) is 13.9. The summed E-state index contributed by atoms with van der Waals surface area (Å²) in [6, 6.07) is 18.6. The Hall–Kier alpha value is -4.35. The third kappa shape index (κ3) is 7.29. The lowest BCUT2D eigenvalue weighted by atomic mass is 10.00. The van der Waals surface area contributed by atoms with Crippen LogP contribution in [0.15, 0.2) is 70.2 Å². The molecular formula is C31H29N5O4S2. The predicted molar refractivity (Wildman–Crippen MR) is 167 cm³/mol. The Bertz CT molecular complexity index is 1680. The summed E-state index contributed by atoms with van der Waals surface area (Å²) in [4.78, 5) is 37.5. The predicted octanol–water partition coefficient (Wildman–Crippen LogP) is 4.94. The fourth-order valence-electron chi connectivity index (χ4n) is 4.56. The van der Waals surface area contributed by atoms with Crippen molar-refractivity contribution >= 4 is 63.1 Å². The summed E-state index contributed by atoms with van der Waals surface area (Å²) in [6.07, 6.45) is 4.84. The van der Waals surface area contributed by atoms with E-state index in [1.165, 1.54) is 11.8 Å². The summed E-state index contributed by atoms with van der Waals surface area (Å²) in [5.74, 6) is -0.471. The van der Waals surface area contributed by atoms with Gasteiger partial charge in [0.05, 0.1) is 4.91 Å². The standard InChI is InChI=1S/C31H29N5O4S2/c1-19-8-11-23(27-26(19)35-40-36-27)16-21-6-5-7-24(17-21)29(38)33-15-4-2-3-14-32-28(37)22-12-9-20(10-13-22)18-25-30(39)34-31(41)42-25/h5-13,17-18H,2-4,14-16H2,1H3,(H,32,37)(H,33,38)(H,34,39,41)/b25-18-. The summed E-state index contributed by atoms with van der Waals surface area (Å²) in [6.45, 7) is 3.06. The number of thiocarbonyl (C=S) groups is 1.